The number of halogens is 3. The number of nitrogens with zero attached hydrogens (tertiary/aromatic N) is 3. The summed E-state index contributed by atoms with van der Waals surface area (Å²) in [5, 5.41) is 9.72. The molecule has 2 amide bonds. The molecule has 1 unspecified atom stereocenters. The van der Waals surface area contributed by atoms with Crippen molar-refractivity contribution in [3.8, 4) is 0 Å². The Hall–Kier alpha value is -2.43. The first-order chi connectivity index (χ1) is 12.2. The summed E-state index contributed by atoms with van der Waals surface area (Å²) in [5.41, 5.74) is 3.30. The van der Waals surface area contributed by atoms with Gasteiger partial charge in [-0.15, -0.1) is 0 Å². The molecule has 3 N–H and O–H groups in total. The molecule has 8 nitrogen and oxygen atoms in total. The van der Waals surface area contributed by atoms with Crippen molar-refractivity contribution < 1.29 is 28.0 Å². The molecule has 0 aromatic carbocycles. The minimum absolute atomic E-state index is 0.177. The number of rotatable bonds is 10. The summed E-state index contributed by atoms with van der Waals surface area (Å²) in [6.07, 6.45) is -1.55. The summed E-state index contributed by atoms with van der Waals surface area (Å²) in [6.45, 7) is 3.67. The number of carbonyl (C=O) groups excluding carboxylic acids is 2. The minimum Gasteiger partial charge on any atom is -0.286 e. The highest BCUT2D eigenvalue weighted by molar-refractivity contribution is 5.80. The van der Waals surface area contributed by atoms with Crippen LogP contribution < -0.4 is 10.9 Å². The van der Waals surface area contributed by atoms with Crippen molar-refractivity contribution in [3.63, 3.8) is 0 Å². The zero-order chi connectivity index (χ0) is 19.7. The molecule has 26 heavy (non-hydrogen) atoms. The second kappa shape index (κ2) is 9.90. The van der Waals surface area contributed by atoms with E-state index in [1.54, 1.807) is 0 Å². The third kappa shape index (κ3) is 6.82. The molecule has 0 radical (unpaired) electrons. The van der Waals surface area contributed by atoms with Gasteiger partial charge in [0.2, 0.25) is 18.3 Å². The first-order valence-electron chi connectivity index (χ1n) is 8.08. The van der Waals surface area contributed by atoms with Gasteiger partial charge < -0.3 is 0 Å². The van der Waals surface area contributed by atoms with E-state index in [2.05, 4.69) is 20.8 Å². The predicted octanol–water partition coefficient (Wildman–Crippen LogP) is 2.23. The summed E-state index contributed by atoms with van der Waals surface area (Å²) < 4.78 is 37.9. The maximum absolute atomic E-state index is 12.6. The Bertz CT molecular complexity index is 596. The van der Waals surface area contributed by atoms with E-state index < -0.39 is 29.6 Å². The lowest BCUT2D eigenvalue weighted by molar-refractivity contribution is -0.154. The van der Waals surface area contributed by atoms with Crippen molar-refractivity contribution in [2.45, 2.75) is 39.3 Å². The number of alkyl halides is 3. The fourth-order valence-corrected chi connectivity index (χ4v) is 2.35. The lowest BCUT2D eigenvalue weighted by atomic mass is 9.90. The monoisotopic (exact) mass is 377 g/mol. The van der Waals surface area contributed by atoms with Crippen molar-refractivity contribution in [2.75, 3.05) is 12.0 Å². The molecule has 1 aromatic rings. The van der Waals surface area contributed by atoms with E-state index in [1.807, 2.05) is 13.8 Å². The van der Waals surface area contributed by atoms with Gasteiger partial charge >= 0.3 is 6.18 Å². The minimum atomic E-state index is -4.64. The fraction of sp³-hybridized carbons (Fsp3) is 0.600. The van der Waals surface area contributed by atoms with Crippen LogP contribution in [0.15, 0.2) is 12.3 Å². The van der Waals surface area contributed by atoms with Gasteiger partial charge in [-0.1, -0.05) is 26.7 Å². The Balaban J connectivity index is 2.78. The molecule has 1 aromatic heterocycles. The van der Waals surface area contributed by atoms with Crippen molar-refractivity contribution in [2.24, 2.45) is 11.8 Å². The SMILES string of the molecule is CCC(CC)CC(CN(O)C=O)C(=O)NNc1nccc(C(F)(F)F)n1. The summed E-state index contributed by atoms with van der Waals surface area (Å²) in [7, 11) is 0. The van der Waals surface area contributed by atoms with Gasteiger partial charge in [-0.25, -0.2) is 15.0 Å². The van der Waals surface area contributed by atoms with E-state index in [4.69, 9.17) is 0 Å². The maximum Gasteiger partial charge on any atom is 0.433 e. The van der Waals surface area contributed by atoms with Crippen LogP contribution in [-0.2, 0) is 15.8 Å². The topological polar surface area (TPSA) is 107 Å². The second-order valence-electron chi connectivity index (χ2n) is 5.72. The third-order valence-electron chi connectivity index (χ3n) is 3.92. The highest BCUT2D eigenvalue weighted by Gasteiger charge is 2.33. The highest BCUT2D eigenvalue weighted by Crippen LogP contribution is 2.27. The van der Waals surface area contributed by atoms with Crippen molar-refractivity contribution >= 4 is 18.3 Å². The van der Waals surface area contributed by atoms with E-state index in [-0.39, 0.29) is 18.9 Å². The second-order valence-corrected chi connectivity index (χ2v) is 5.72. The molecule has 0 spiro atoms. The number of carbonyl (C=O) groups is 2. The smallest absolute Gasteiger partial charge is 0.286 e. The molecule has 1 heterocycles. The Morgan fingerprint density at radius 1 is 1.38 bits per heavy atom. The van der Waals surface area contributed by atoms with Crippen LogP contribution >= 0.6 is 0 Å². The molecule has 0 bridgehead atoms. The normalized spacial score (nSPS) is 12.6. The van der Waals surface area contributed by atoms with Gasteiger partial charge in [-0.3, -0.25) is 25.6 Å². The lowest BCUT2D eigenvalue weighted by Gasteiger charge is -2.23. The molecule has 1 rings (SSSR count). The first kappa shape index (κ1) is 21.6. The van der Waals surface area contributed by atoms with E-state index >= 15 is 0 Å². The number of hydrogen-bond acceptors (Lipinski definition) is 6. The molecular formula is C15H22F3N5O3. The Kier molecular flexibility index (Phi) is 8.23. The number of hydrazine groups is 1. The average Bonchev–Trinajstić information content (AvgIpc) is 2.62. The quantitative estimate of drug-likeness (QED) is 0.328. The summed E-state index contributed by atoms with van der Waals surface area (Å²) >= 11 is 0. The predicted molar refractivity (Wildman–Crippen MR) is 85.5 cm³/mol. The van der Waals surface area contributed by atoms with Crippen LogP contribution in [0.2, 0.25) is 0 Å². The third-order valence-corrected chi connectivity index (χ3v) is 3.92. The zero-order valence-electron chi connectivity index (χ0n) is 14.5. The summed E-state index contributed by atoms with van der Waals surface area (Å²) in [4.78, 5) is 29.8. The number of aromatic nitrogens is 2. The van der Waals surface area contributed by atoms with Crippen LogP contribution in [-0.4, -0.2) is 39.1 Å². The van der Waals surface area contributed by atoms with E-state index in [0.717, 1.165) is 19.0 Å². The molecule has 1 atom stereocenters. The maximum atomic E-state index is 12.6. The van der Waals surface area contributed by atoms with Gasteiger partial charge in [-0.05, 0) is 18.4 Å². The molecule has 0 aliphatic rings. The Morgan fingerprint density at radius 2 is 2.04 bits per heavy atom. The van der Waals surface area contributed by atoms with Crippen LogP contribution in [0.25, 0.3) is 0 Å². The van der Waals surface area contributed by atoms with E-state index in [9.17, 15) is 28.0 Å². The number of nitrogens with one attached hydrogen (secondary N) is 2. The molecule has 146 valence electrons. The van der Waals surface area contributed by atoms with Crippen LogP contribution in [0, 0.1) is 11.8 Å². The van der Waals surface area contributed by atoms with Crippen LogP contribution in [0.3, 0.4) is 0 Å². The zero-order valence-corrected chi connectivity index (χ0v) is 14.5. The van der Waals surface area contributed by atoms with Gasteiger partial charge in [0.1, 0.15) is 5.69 Å². The number of amides is 2. The summed E-state index contributed by atoms with van der Waals surface area (Å²) in [5.74, 6) is -1.59. The van der Waals surface area contributed by atoms with Gasteiger partial charge in [0.15, 0.2) is 0 Å². The molecule has 11 heteroatoms. The number of hydroxylamine groups is 2. The fourth-order valence-electron chi connectivity index (χ4n) is 2.35. The first-order valence-corrected chi connectivity index (χ1v) is 8.08. The lowest BCUT2D eigenvalue weighted by Crippen LogP contribution is -2.41. The van der Waals surface area contributed by atoms with Crippen LogP contribution in [0.5, 0.6) is 0 Å². The average molecular weight is 377 g/mol. The molecular weight excluding hydrogens is 355 g/mol. The Morgan fingerprint density at radius 3 is 2.58 bits per heavy atom. The van der Waals surface area contributed by atoms with E-state index in [1.165, 1.54) is 0 Å². The van der Waals surface area contributed by atoms with E-state index in [0.29, 0.717) is 17.6 Å². The largest absolute Gasteiger partial charge is 0.433 e. The summed E-state index contributed by atoms with van der Waals surface area (Å²) in [6, 6.07) is 0.705. The molecule has 0 saturated heterocycles. The molecule has 0 saturated carbocycles. The van der Waals surface area contributed by atoms with Crippen LogP contribution in [0.1, 0.15) is 38.8 Å². The molecule has 0 aliphatic heterocycles. The van der Waals surface area contributed by atoms with Crippen molar-refractivity contribution in [1.29, 1.82) is 0 Å². The van der Waals surface area contributed by atoms with Crippen molar-refractivity contribution in [1.82, 2.24) is 20.5 Å². The van der Waals surface area contributed by atoms with Crippen LogP contribution in [0.4, 0.5) is 19.1 Å². The Labute approximate surface area is 148 Å². The van der Waals surface area contributed by atoms with Gasteiger partial charge in [0.05, 0.1) is 12.5 Å². The standard InChI is InChI=1S/C15H22F3N5O3/c1-3-10(4-2)7-11(8-23(26)9-24)13(25)21-22-14-19-6-5-12(20-14)15(16,17)18/h5-6,9-11,26H,3-4,7-8H2,1-2H3,(H,21,25)(H,19,20,22). The van der Waals surface area contributed by atoms with Gasteiger partial charge in [0.25, 0.3) is 0 Å². The van der Waals surface area contributed by atoms with Gasteiger partial charge in [0, 0.05) is 6.20 Å². The van der Waals surface area contributed by atoms with Crippen molar-refractivity contribution in [3.05, 3.63) is 18.0 Å². The number of hydrogen-bond donors (Lipinski definition) is 3. The molecule has 0 aliphatic carbocycles. The number of anilines is 1. The highest BCUT2D eigenvalue weighted by atomic mass is 19.4. The van der Waals surface area contributed by atoms with Gasteiger partial charge in [-0.2, -0.15) is 13.2 Å². The molecule has 0 fully saturated rings.